The Bertz CT molecular complexity index is 866. The van der Waals surface area contributed by atoms with Crippen molar-refractivity contribution < 1.29 is 9.53 Å². The number of carbonyl (C=O) groups is 1. The van der Waals surface area contributed by atoms with Crippen molar-refractivity contribution >= 4 is 16.9 Å². The number of hydrogen-bond donors (Lipinski definition) is 0. The smallest absolute Gasteiger partial charge is 0.329 e. The number of nitrogens with zero attached hydrogens (tertiary/aromatic N) is 4. The van der Waals surface area contributed by atoms with Crippen LogP contribution in [0, 0.1) is 0 Å². The van der Waals surface area contributed by atoms with E-state index in [0.717, 1.165) is 63.1 Å². The fourth-order valence-corrected chi connectivity index (χ4v) is 4.23. The predicted octanol–water partition coefficient (Wildman–Crippen LogP) is 1.05. The minimum Gasteiger partial charge on any atom is -0.377 e. The SMILES string of the molecule is Cn1c(=O)n(CC(=O)N2CCCN(CC3CCCO3)CC2)c2ccccc21. The number of fused-ring (bicyclic) bond motifs is 1. The lowest BCUT2D eigenvalue weighted by Gasteiger charge is -2.24. The third-order valence-corrected chi connectivity index (χ3v) is 5.77. The van der Waals surface area contributed by atoms with E-state index in [1.165, 1.54) is 0 Å². The van der Waals surface area contributed by atoms with Gasteiger partial charge in [-0.2, -0.15) is 0 Å². The molecule has 7 heteroatoms. The summed E-state index contributed by atoms with van der Waals surface area (Å²) in [5.41, 5.74) is 1.53. The fourth-order valence-electron chi connectivity index (χ4n) is 4.23. The van der Waals surface area contributed by atoms with E-state index in [1.54, 1.807) is 16.2 Å². The normalized spacial score (nSPS) is 21.7. The van der Waals surface area contributed by atoms with Gasteiger partial charge in [-0.3, -0.25) is 18.8 Å². The van der Waals surface area contributed by atoms with Gasteiger partial charge in [-0.1, -0.05) is 12.1 Å². The molecular formula is C20H28N4O3. The minimum absolute atomic E-state index is 0.0208. The zero-order valence-corrected chi connectivity index (χ0v) is 16.0. The number of benzene rings is 1. The summed E-state index contributed by atoms with van der Waals surface area (Å²) in [6.45, 7) is 5.28. The van der Waals surface area contributed by atoms with E-state index in [4.69, 9.17) is 4.74 Å². The highest BCUT2D eigenvalue weighted by atomic mass is 16.5. The number of para-hydroxylation sites is 2. The number of amides is 1. The highest BCUT2D eigenvalue weighted by Crippen LogP contribution is 2.15. The lowest BCUT2D eigenvalue weighted by molar-refractivity contribution is -0.131. The van der Waals surface area contributed by atoms with E-state index in [9.17, 15) is 9.59 Å². The molecule has 1 unspecified atom stereocenters. The highest BCUT2D eigenvalue weighted by Gasteiger charge is 2.24. The Kier molecular flexibility index (Phi) is 5.31. The van der Waals surface area contributed by atoms with Crippen LogP contribution in [0.2, 0.25) is 0 Å². The van der Waals surface area contributed by atoms with Crippen molar-refractivity contribution in [3.05, 3.63) is 34.7 Å². The first-order valence-corrected chi connectivity index (χ1v) is 9.89. The molecule has 3 heterocycles. The Labute approximate surface area is 159 Å². The third kappa shape index (κ3) is 3.80. The number of imidazole rings is 1. The van der Waals surface area contributed by atoms with Crippen molar-refractivity contribution in [1.82, 2.24) is 18.9 Å². The van der Waals surface area contributed by atoms with Gasteiger partial charge in [0.2, 0.25) is 5.91 Å². The Balaban J connectivity index is 1.41. The maximum atomic E-state index is 12.9. The van der Waals surface area contributed by atoms with Gasteiger partial charge in [0.15, 0.2) is 0 Å². The molecule has 27 heavy (non-hydrogen) atoms. The zero-order valence-electron chi connectivity index (χ0n) is 16.0. The van der Waals surface area contributed by atoms with Crippen LogP contribution in [0.1, 0.15) is 19.3 Å². The summed E-state index contributed by atoms with van der Waals surface area (Å²) < 4.78 is 8.94. The van der Waals surface area contributed by atoms with Crippen molar-refractivity contribution in [3.63, 3.8) is 0 Å². The molecule has 0 N–H and O–H groups in total. The Morgan fingerprint density at radius 2 is 1.93 bits per heavy atom. The van der Waals surface area contributed by atoms with Gasteiger partial charge in [-0.15, -0.1) is 0 Å². The van der Waals surface area contributed by atoms with Crippen molar-refractivity contribution in [2.24, 2.45) is 7.05 Å². The predicted molar refractivity (Wildman–Crippen MR) is 104 cm³/mol. The molecular weight excluding hydrogens is 344 g/mol. The van der Waals surface area contributed by atoms with Crippen LogP contribution >= 0.6 is 0 Å². The molecule has 1 aromatic heterocycles. The van der Waals surface area contributed by atoms with Crippen LogP contribution in [0.3, 0.4) is 0 Å². The third-order valence-electron chi connectivity index (χ3n) is 5.77. The molecule has 2 aliphatic heterocycles. The van der Waals surface area contributed by atoms with Gasteiger partial charge >= 0.3 is 5.69 Å². The molecule has 1 aromatic carbocycles. The van der Waals surface area contributed by atoms with Gasteiger partial charge < -0.3 is 9.64 Å². The van der Waals surface area contributed by atoms with Crippen molar-refractivity contribution in [1.29, 1.82) is 0 Å². The summed E-state index contributed by atoms with van der Waals surface area (Å²) in [6.07, 6.45) is 3.61. The summed E-state index contributed by atoms with van der Waals surface area (Å²) in [7, 11) is 1.75. The van der Waals surface area contributed by atoms with Crippen LogP contribution in [-0.2, 0) is 23.1 Å². The number of hydrogen-bond acceptors (Lipinski definition) is 4. The van der Waals surface area contributed by atoms with E-state index >= 15 is 0 Å². The Morgan fingerprint density at radius 1 is 1.11 bits per heavy atom. The lowest BCUT2D eigenvalue weighted by Crippen LogP contribution is -2.40. The lowest BCUT2D eigenvalue weighted by atomic mass is 10.2. The first kappa shape index (κ1) is 18.3. The van der Waals surface area contributed by atoms with Gasteiger partial charge in [0.1, 0.15) is 6.54 Å². The summed E-state index contributed by atoms with van der Waals surface area (Å²) in [4.78, 5) is 29.8. The number of ether oxygens (including phenoxy) is 1. The summed E-state index contributed by atoms with van der Waals surface area (Å²) >= 11 is 0. The molecule has 0 aliphatic carbocycles. The molecule has 1 amide bonds. The molecule has 7 nitrogen and oxygen atoms in total. The monoisotopic (exact) mass is 372 g/mol. The van der Waals surface area contributed by atoms with E-state index in [0.29, 0.717) is 12.6 Å². The minimum atomic E-state index is -0.139. The summed E-state index contributed by atoms with van der Waals surface area (Å²) in [5.74, 6) is 0.0208. The second-order valence-corrected chi connectivity index (χ2v) is 7.59. The Morgan fingerprint density at radius 3 is 2.70 bits per heavy atom. The number of carbonyl (C=O) groups excluding carboxylic acids is 1. The van der Waals surface area contributed by atoms with Crippen LogP contribution < -0.4 is 5.69 Å². The van der Waals surface area contributed by atoms with E-state index in [-0.39, 0.29) is 18.1 Å². The molecule has 2 aromatic rings. The molecule has 0 radical (unpaired) electrons. The van der Waals surface area contributed by atoms with E-state index in [2.05, 4.69) is 4.90 Å². The molecule has 146 valence electrons. The van der Waals surface area contributed by atoms with Crippen LogP contribution in [0.4, 0.5) is 0 Å². The topological polar surface area (TPSA) is 59.7 Å². The van der Waals surface area contributed by atoms with Crippen molar-refractivity contribution in [2.75, 3.05) is 39.3 Å². The van der Waals surface area contributed by atoms with Crippen LogP contribution in [-0.4, -0.2) is 70.3 Å². The fraction of sp³-hybridized carbons (Fsp3) is 0.600. The quantitative estimate of drug-likeness (QED) is 0.805. The van der Waals surface area contributed by atoms with Gasteiger partial charge in [-0.25, -0.2) is 4.79 Å². The van der Waals surface area contributed by atoms with Crippen LogP contribution in [0.25, 0.3) is 11.0 Å². The number of aryl methyl sites for hydroxylation is 1. The average molecular weight is 372 g/mol. The molecule has 4 rings (SSSR count). The molecule has 0 saturated carbocycles. The van der Waals surface area contributed by atoms with Gasteiger partial charge in [0.05, 0.1) is 17.1 Å². The molecule has 2 saturated heterocycles. The van der Waals surface area contributed by atoms with Crippen LogP contribution in [0.5, 0.6) is 0 Å². The maximum absolute atomic E-state index is 12.9. The zero-order chi connectivity index (χ0) is 18.8. The maximum Gasteiger partial charge on any atom is 0.329 e. The highest BCUT2D eigenvalue weighted by molar-refractivity contribution is 5.81. The number of rotatable bonds is 4. The molecule has 2 aliphatic rings. The van der Waals surface area contributed by atoms with Crippen molar-refractivity contribution in [3.8, 4) is 0 Å². The van der Waals surface area contributed by atoms with E-state index < -0.39 is 0 Å². The van der Waals surface area contributed by atoms with Gasteiger partial charge in [0.25, 0.3) is 0 Å². The van der Waals surface area contributed by atoms with Gasteiger partial charge in [0, 0.05) is 39.8 Å². The number of aromatic nitrogens is 2. The summed E-state index contributed by atoms with van der Waals surface area (Å²) in [6, 6.07) is 7.62. The van der Waals surface area contributed by atoms with Crippen LogP contribution in [0.15, 0.2) is 29.1 Å². The largest absolute Gasteiger partial charge is 0.377 e. The standard InChI is InChI=1S/C20H28N4O3/c1-21-17-7-2-3-8-18(17)24(20(21)26)15-19(25)23-10-5-9-22(11-12-23)14-16-6-4-13-27-16/h2-3,7-8,16H,4-6,9-15H2,1H3. The van der Waals surface area contributed by atoms with Crippen molar-refractivity contribution in [2.45, 2.75) is 31.9 Å². The molecule has 1 atom stereocenters. The summed E-state index contributed by atoms with van der Waals surface area (Å²) in [5, 5.41) is 0. The molecule has 0 spiro atoms. The Hall–Kier alpha value is -2.12. The molecule has 0 bridgehead atoms. The first-order chi connectivity index (χ1) is 13.1. The first-order valence-electron chi connectivity index (χ1n) is 9.89. The van der Waals surface area contributed by atoms with E-state index in [1.807, 2.05) is 29.2 Å². The second-order valence-electron chi connectivity index (χ2n) is 7.59. The van der Waals surface area contributed by atoms with Gasteiger partial charge in [-0.05, 0) is 37.9 Å². The molecule has 2 fully saturated rings. The second kappa shape index (κ2) is 7.86. The average Bonchev–Trinajstić information content (AvgIpc) is 3.18.